The molecule has 3 saturated carbocycles. The Hall–Kier alpha value is -0.680. The molecule has 0 unspecified atom stereocenters. The fourth-order valence-electron chi connectivity index (χ4n) is 16.9. The summed E-state index contributed by atoms with van der Waals surface area (Å²) in [5, 5.41) is 105. The second-order valence-corrected chi connectivity index (χ2v) is 27.5. The largest absolute Gasteiger partial charge is 1.00 e. The van der Waals surface area contributed by atoms with Crippen LogP contribution in [0.5, 0.6) is 0 Å². The number of hydrogen-bond acceptors (Lipinski definition) is 25. The van der Waals surface area contributed by atoms with Gasteiger partial charge in [0.1, 0.15) is 90.4 Å². The Morgan fingerprint density at radius 2 is 1.22 bits per heavy atom. The van der Waals surface area contributed by atoms with E-state index in [0.29, 0.717) is 44.9 Å². The van der Waals surface area contributed by atoms with Gasteiger partial charge in [-0.3, -0.25) is 8.98 Å². The average molecular weight is 1190 g/mol. The molecular weight excluding hydrogens is 1100 g/mol. The number of carbonyl (C=O) groups excluding carboxylic acids is 1. The van der Waals surface area contributed by atoms with Crippen LogP contribution in [0.4, 0.5) is 0 Å². The number of ether oxygens (including phenoxy) is 11. The molecule has 0 aromatic heterocycles. The number of carbonyl (C=O) groups is 1. The van der Waals surface area contributed by atoms with Crippen LogP contribution in [0.3, 0.4) is 0 Å². The van der Waals surface area contributed by atoms with Gasteiger partial charge in [-0.15, -0.1) is 0 Å². The fraction of sp³-hybridized carbons (Fsp3) is 0.944. The number of esters is 1. The van der Waals surface area contributed by atoms with Crippen molar-refractivity contribution in [3.63, 3.8) is 0 Å². The third-order valence-electron chi connectivity index (χ3n) is 21.3. The quantitative estimate of drug-likeness (QED) is 0.0228. The van der Waals surface area contributed by atoms with Crippen LogP contribution >= 0.6 is 0 Å². The Balaban J connectivity index is 0.00000792. The number of allylic oxidation sites excluding steroid dienone is 1. The number of aliphatic hydroxyl groups excluding tert-OH is 8. The smallest absolute Gasteiger partial charge is 0.726 e. The van der Waals surface area contributed by atoms with Crippen LogP contribution in [0.2, 0.25) is 0 Å². The Kier molecular flexibility index (Phi) is 17.9. The number of hydrogen-bond donors (Lipinski definition) is 9. The minimum Gasteiger partial charge on any atom is -0.726 e. The molecule has 6 aliphatic heterocycles. The van der Waals surface area contributed by atoms with Crippen molar-refractivity contribution in [2.45, 2.75) is 272 Å². The van der Waals surface area contributed by atoms with E-state index in [-0.39, 0.29) is 47.8 Å². The van der Waals surface area contributed by atoms with E-state index in [1.165, 1.54) is 27.9 Å². The summed E-state index contributed by atoms with van der Waals surface area (Å²) in [6.07, 6.45) is -25.9. The van der Waals surface area contributed by atoms with Gasteiger partial charge in [-0.2, -0.15) is 0 Å². The van der Waals surface area contributed by atoms with Crippen molar-refractivity contribution < 1.29 is 150 Å². The van der Waals surface area contributed by atoms with Crippen LogP contribution in [0.25, 0.3) is 0 Å². The normalized spacial score (nSPS) is 54.0. The summed E-state index contributed by atoms with van der Waals surface area (Å²) >= 11 is 0. The molecule has 9 N–H and O–H groups in total. The SMILES string of the molecule is CO[C@@H]1[C@@H](O)[C@H](O[C@@H]2[C@@H](O)[C@H](O[C@H]3[C@H](O)[C@@H](O)[C@H](O[C@H]4[C@H](O[C@H]5CC[C@]6(C)C7=C[C@@H](O)[C@]89C(=O)O[C@@](C)([C@@H]%10CCC(C)(C)O%10)[C@@]8(O)CC[C@@]9(C)[C@@H]7CC[C@H]6C5(C)C)OC[C@@H](OS(=O)(=O)[O-])[C@@H]4O)O[C@@H]3C)O[C@H](C)[C@H]2O)O[C@H](C)[C@H]1O.[Na+]. The Morgan fingerprint density at radius 1 is 0.642 bits per heavy atom. The van der Waals surface area contributed by atoms with Crippen LogP contribution in [0.15, 0.2) is 11.6 Å². The molecule has 0 radical (unpaired) electrons. The molecule has 9 fully saturated rings. The minimum atomic E-state index is -5.42. The van der Waals surface area contributed by atoms with E-state index in [0.717, 1.165) is 5.57 Å². The van der Waals surface area contributed by atoms with E-state index in [1.807, 2.05) is 34.6 Å². The van der Waals surface area contributed by atoms with Gasteiger partial charge >= 0.3 is 35.5 Å². The number of aliphatic hydroxyl groups is 9. The Labute approximate surface area is 494 Å². The number of methoxy groups -OCH3 is 1. The molecule has 10 aliphatic rings. The number of cyclic esters (lactones) is 1. The van der Waals surface area contributed by atoms with Gasteiger partial charge in [-0.1, -0.05) is 39.3 Å². The molecule has 1 spiro atoms. The van der Waals surface area contributed by atoms with Gasteiger partial charge in [0.25, 0.3) is 0 Å². The summed E-state index contributed by atoms with van der Waals surface area (Å²) in [6.45, 7) is 17.7. The van der Waals surface area contributed by atoms with Crippen molar-refractivity contribution >= 4 is 16.4 Å². The van der Waals surface area contributed by atoms with Gasteiger partial charge in [0.05, 0.1) is 42.7 Å². The van der Waals surface area contributed by atoms with Gasteiger partial charge < -0.3 is 103 Å². The van der Waals surface area contributed by atoms with Crippen molar-refractivity contribution in [1.82, 2.24) is 0 Å². The van der Waals surface area contributed by atoms with Crippen molar-refractivity contribution in [3.05, 3.63) is 11.6 Å². The second-order valence-electron chi connectivity index (χ2n) is 26.4. The Bertz CT molecular complexity index is 2460. The van der Waals surface area contributed by atoms with Crippen molar-refractivity contribution in [3.8, 4) is 0 Å². The zero-order valence-electron chi connectivity index (χ0n) is 48.3. The molecule has 10 rings (SSSR count). The van der Waals surface area contributed by atoms with E-state index in [9.17, 15) is 63.7 Å². The van der Waals surface area contributed by atoms with Crippen LogP contribution in [-0.2, 0) is 71.5 Å². The van der Waals surface area contributed by atoms with Crippen LogP contribution in [0.1, 0.15) is 121 Å². The van der Waals surface area contributed by atoms with Crippen LogP contribution in [-0.4, -0.2) is 230 Å². The van der Waals surface area contributed by atoms with Crippen LogP contribution in [0, 0.1) is 33.5 Å². The molecule has 4 aliphatic carbocycles. The Morgan fingerprint density at radius 3 is 1.83 bits per heavy atom. The first-order chi connectivity index (χ1) is 37.1. The van der Waals surface area contributed by atoms with E-state index >= 15 is 0 Å². The minimum absolute atomic E-state index is 0. The molecule has 6 heterocycles. The maximum absolute atomic E-state index is 14.7. The molecule has 0 bridgehead atoms. The monoisotopic (exact) mass is 1190 g/mol. The van der Waals surface area contributed by atoms with Gasteiger partial charge in [-0.25, -0.2) is 8.42 Å². The molecular formula is C54H85NaO25S. The third kappa shape index (κ3) is 10.1. The second kappa shape index (κ2) is 22.4. The topological polar surface area (TPSA) is 367 Å². The zero-order chi connectivity index (χ0) is 58.6. The maximum Gasteiger partial charge on any atom is 1.00 e. The molecule has 25 nitrogen and oxygen atoms in total. The molecule has 458 valence electrons. The first-order valence-corrected chi connectivity index (χ1v) is 29.6. The van der Waals surface area contributed by atoms with Crippen molar-refractivity contribution in [2.24, 2.45) is 33.5 Å². The standard InChI is InChI=1S/C54H86O25S.Na/c1-22-32(56)40(68-11)37(61)44(70-22)75-41-33(57)23(2)71-45(38(41)62)74-39-24(3)72-43(36(60)35(39)59)76-42-34(58)27(79-80(65,66)67)21-69-46(42)73-30-15-17-50(8)26-20-29(55)54-47(63)78-52(10,31-14-16-48(4,5)77-31)53(54,64)19-18-51(54,9)25(26)12-13-28(50)49(30,6)7;/h20,22-25,27-46,55-62,64H,12-19,21H2,1-11H3,(H,65,66,67);/q;+1/p-1/t22-,23-,24-,25-,27-,28+,29-,30+,31+,32-,33-,34+,35-,36-,37-,38-,39-,40+,41+,42-,43+,44+,45+,46+,50-,51+,52+,53+,54-;/m1./s1. The molecule has 6 saturated heterocycles. The fourth-order valence-corrected chi connectivity index (χ4v) is 17.3. The van der Waals surface area contributed by atoms with Crippen LogP contribution < -0.4 is 29.6 Å². The van der Waals surface area contributed by atoms with E-state index in [1.54, 1.807) is 13.0 Å². The van der Waals surface area contributed by atoms with Gasteiger partial charge in [0, 0.05) is 7.11 Å². The molecule has 81 heavy (non-hydrogen) atoms. The number of fused-ring (bicyclic) bond motifs is 4. The van der Waals surface area contributed by atoms with Crippen molar-refractivity contribution in [2.75, 3.05) is 13.7 Å². The summed E-state index contributed by atoms with van der Waals surface area (Å²) in [6, 6.07) is 0. The predicted molar refractivity (Wildman–Crippen MR) is 268 cm³/mol. The first kappa shape index (κ1) is 64.8. The van der Waals surface area contributed by atoms with Gasteiger partial charge in [-0.05, 0) is 121 Å². The first-order valence-electron chi connectivity index (χ1n) is 28.3. The zero-order valence-corrected chi connectivity index (χ0v) is 51.1. The van der Waals surface area contributed by atoms with Gasteiger partial charge in [0.2, 0.25) is 10.4 Å². The summed E-state index contributed by atoms with van der Waals surface area (Å²) in [7, 11) is -4.14. The average Bonchev–Trinajstić information content (AvgIpc) is 3.45. The third-order valence-corrected chi connectivity index (χ3v) is 21.8. The molecule has 27 heteroatoms. The number of rotatable bonds is 12. The van der Waals surface area contributed by atoms with E-state index in [4.69, 9.17) is 52.1 Å². The summed E-state index contributed by atoms with van der Waals surface area (Å²) < 4.78 is 107. The molecule has 0 amide bonds. The van der Waals surface area contributed by atoms with E-state index < -0.39 is 196 Å². The summed E-state index contributed by atoms with van der Waals surface area (Å²) in [4.78, 5) is 14.7. The van der Waals surface area contributed by atoms with Crippen molar-refractivity contribution in [1.29, 1.82) is 0 Å². The summed E-state index contributed by atoms with van der Waals surface area (Å²) in [5.74, 6) is -0.936. The maximum atomic E-state index is 14.7. The molecule has 0 aromatic carbocycles. The van der Waals surface area contributed by atoms with E-state index in [2.05, 4.69) is 11.1 Å². The molecule has 29 atom stereocenters. The summed E-state index contributed by atoms with van der Waals surface area (Å²) in [5.41, 5.74) is -6.40. The van der Waals surface area contributed by atoms with Gasteiger partial charge in [0.15, 0.2) is 30.8 Å². The predicted octanol–water partition coefficient (Wildman–Crippen LogP) is -3.55. The molecule has 0 aromatic rings.